The van der Waals surface area contributed by atoms with E-state index in [4.69, 9.17) is 5.73 Å². The molecule has 4 rings (SSSR count). The molecule has 1 nitrogen and oxygen atoms in total. The van der Waals surface area contributed by atoms with Gasteiger partial charge in [-0.1, -0.05) is 78.9 Å². The maximum atomic E-state index is 6.05. The van der Waals surface area contributed by atoms with Gasteiger partial charge in [0.15, 0.2) is 0 Å². The zero-order valence-corrected chi connectivity index (χ0v) is 12.5. The maximum Gasteiger partial charge on any atom is 0.0475 e. The fraction of sp³-hybridized carbons (Fsp3) is 0.143. The SMILES string of the molecule is NCCC1(c2ccccc2)c2ccccc2-c2ccccc21. The molecule has 0 atom stereocenters. The quantitative estimate of drug-likeness (QED) is 0.760. The lowest BCUT2D eigenvalue weighted by atomic mass is 9.70. The van der Waals surface area contributed by atoms with Crippen LogP contribution >= 0.6 is 0 Å². The standard InChI is InChI=1S/C21H19N/c22-15-14-21(16-8-2-1-3-9-16)19-12-6-4-10-17(19)18-11-5-7-13-20(18)21/h1-13H,14-15,22H2. The Hall–Kier alpha value is -2.38. The van der Waals surface area contributed by atoms with E-state index in [1.165, 1.54) is 27.8 Å². The Kier molecular flexibility index (Phi) is 3.09. The highest BCUT2D eigenvalue weighted by Crippen LogP contribution is 2.53. The normalized spacial score (nSPS) is 14.4. The van der Waals surface area contributed by atoms with Gasteiger partial charge in [0.25, 0.3) is 0 Å². The summed E-state index contributed by atoms with van der Waals surface area (Å²) in [5.74, 6) is 0. The van der Waals surface area contributed by atoms with Crippen LogP contribution in [0.3, 0.4) is 0 Å². The van der Waals surface area contributed by atoms with Crippen molar-refractivity contribution in [3.8, 4) is 11.1 Å². The second-order valence-corrected chi connectivity index (χ2v) is 5.90. The summed E-state index contributed by atoms with van der Waals surface area (Å²) in [6, 6.07) is 28.3. The van der Waals surface area contributed by atoms with E-state index >= 15 is 0 Å². The minimum absolute atomic E-state index is 0.122. The predicted molar refractivity (Wildman–Crippen MR) is 91.9 cm³/mol. The van der Waals surface area contributed by atoms with E-state index in [0.29, 0.717) is 6.54 Å². The summed E-state index contributed by atoms with van der Waals surface area (Å²) < 4.78 is 0. The van der Waals surface area contributed by atoms with Gasteiger partial charge in [0, 0.05) is 5.41 Å². The molecule has 0 saturated carbocycles. The lowest BCUT2D eigenvalue weighted by molar-refractivity contribution is 0.582. The zero-order valence-electron chi connectivity index (χ0n) is 12.5. The minimum Gasteiger partial charge on any atom is -0.330 e. The first-order valence-corrected chi connectivity index (χ1v) is 7.83. The van der Waals surface area contributed by atoms with E-state index in [1.54, 1.807) is 0 Å². The summed E-state index contributed by atoms with van der Waals surface area (Å²) >= 11 is 0. The van der Waals surface area contributed by atoms with Crippen LogP contribution in [0.4, 0.5) is 0 Å². The average molecular weight is 285 g/mol. The molecule has 1 aliphatic carbocycles. The molecule has 0 fully saturated rings. The molecule has 108 valence electrons. The van der Waals surface area contributed by atoms with Crippen LogP contribution in [0.25, 0.3) is 11.1 Å². The van der Waals surface area contributed by atoms with Crippen LogP contribution in [0.1, 0.15) is 23.1 Å². The topological polar surface area (TPSA) is 26.0 Å². The number of hydrogen-bond acceptors (Lipinski definition) is 1. The number of nitrogens with two attached hydrogens (primary N) is 1. The molecule has 0 saturated heterocycles. The summed E-state index contributed by atoms with van der Waals surface area (Å²) in [6.07, 6.45) is 0.922. The van der Waals surface area contributed by atoms with Gasteiger partial charge in [-0.25, -0.2) is 0 Å². The molecule has 0 radical (unpaired) electrons. The third-order valence-corrected chi connectivity index (χ3v) is 4.85. The van der Waals surface area contributed by atoms with Crippen LogP contribution in [0.2, 0.25) is 0 Å². The van der Waals surface area contributed by atoms with Crippen LogP contribution < -0.4 is 5.73 Å². The number of hydrogen-bond donors (Lipinski definition) is 1. The summed E-state index contributed by atoms with van der Waals surface area (Å²) in [5.41, 5.74) is 12.7. The van der Waals surface area contributed by atoms with Gasteiger partial charge >= 0.3 is 0 Å². The Labute approximate surface area is 131 Å². The third kappa shape index (κ3) is 1.69. The maximum absolute atomic E-state index is 6.05. The second kappa shape index (κ2) is 5.11. The van der Waals surface area contributed by atoms with E-state index < -0.39 is 0 Å². The Morgan fingerprint density at radius 1 is 0.636 bits per heavy atom. The van der Waals surface area contributed by atoms with Crippen LogP contribution in [0, 0.1) is 0 Å². The fourth-order valence-corrected chi connectivity index (χ4v) is 3.99. The monoisotopic (exact) mass is 285 g/mol. The van der Waals surface area contributed by atoms with Gasteiger partial charge in [-0.05, 0) is 40.8 Å². The number of fused-ring (bicyclic) bond motifs is 3. The van der Waals surface area contributed by atoms with Gasteiger partial charge in [-0.3, -0.25) is 0 Å². The van der Waals surface area contributed by atoms with Gasteiger partial charge < -0.3 is 5.73 Å². The average Bonchev–Trinajstić information content (AvgIpc) is 2.88. The van der Waals surface area contributed by atoms with E-state index in [-0.39, 0.29) is 5.41 Å². The molecule has 0 unspecified atom stereocenters. The van der Waals surface area contributed by atoms with Crippen LogP contribution in [0.5, 0.6) is 0 Å². The predicted octanol–water partition coefficient (Wildman–Crippen LogP) is 4.35. The Morgan fingerprint density at radius 2 is 1.14 bits per heavy atom. The molecular formula is C21H19N. The lowest BCUT2D eigenvalue weighted by Crippen LogP contribution is -2.29. The summed E-state index contributed by atoms with van der Waals surface area (Å²) in [4.78, 5) is 0. The molecule has 0 spiro atoms. The smallest absolute Gasteiger partial charge is 0.0475 e. The fourth-order valence-electron chi connectivity index (χ4n) is 3.99. The minimum atomic E-state index is -0.122. The molecule has 1 heteroatoms. The molecule has 1 aliphatic rings. The number of benzene rings is 3. The van der Waals surface area contributed by atoms with Crippen molar-refractivity contribution in [3.63, 3.8) is 0 Å². The van der Waals surface area contributed by atoms with Gasteiger partial charge in [0.1, 0.15) is 0 Å². The molecule has 2 N–H and O–H groups in total. The summed E-state index contributed by atoms with van der Waals surface area (Å²) in [5, 5.41) is 0. The van der Waals surface area contributed by atoms with Gasteiger partial charge in [0.05, 0.1) is 0 Å². The van der Waals surface area contributed by atoms with E-state index in [9.17, 15) is 0 Å². The van der Waals surface area contributed by atoms with Crippen molar-refractivity contribution in [2.45, 2.75) is 11.8 Å². The largest absolute Gasteiger partial charge is 0.330 e. The van der Waals surface area contributed by atoms with Crippen LogP contribution in [-0.4, -0.2) is 6.54 Å². The van der Waals surface area contributed by atoms with Gasteiger partial charge in [-0.15, -0.1) is 0 Å². The van der Waals surface area contributed by atoms with E-state index in [1.807, 2.05) is 0 Å². The number of rotatable bonds is 3. The van der Waals surface area contributed by atoms with Crippen molar-refractivity contribution in [3.05, 3.63) is 95.6 Å². The highest BCUT2D eigenvalue weighted by atomic mass is 14.6. The second-order valence-electron chi connectivity index (χ2n) is 5.90. The molecule has 22 heavy (non-hydrogen) atoms. The molecule has 0 aromatic heterocycles. The van der Waals surface area contributed by atoms with Crippen molar-refractivity contribution in [1.29, 1.82) is 0 Å². The van der Waals surface area contributed by atoms with Gasteiger partial charge in [-0.2, -0.15) is 0 Å². The van der Waals surface area contributed by atoms with Crippen molar-refractivity contribution in [1.82, 2.24) is 0 Å². The van der Waals surface area contributed by atoms with Crippen molar-refractivity contribution < 1.29 is 0 Å². The molecule has 0 bridgehead atoms. The molecule has 3 aromatic carbocycles. The Morgan fingerprint density at radius 3 is 1.68 bits per heavy atom. The first-order valence-electron chi connectivity index (χ1n) is 7.83. The molecule has 3 aromatic rings. The summed E-state index contributed by atoms with van der Waals surface area (Å²) in [7, 11) is 0. The Bertz CT molecular complexity index is 759. The van der Waals surface area contributed by atoms with Crippen molar-refractivity contribution >= 4 is 0 Å². The van der Waals surface area contributed by atoms with Gasteiger partial charge in [0.2, 0.25) is 0 Å². The lowest BCUT2D eigenvalue weighted by Gasteiger charge is -2.32. The first kappa shape index (κ1) is 13.3. The first-order chi connectivity index (χ1) is 10.9. The van der Waals surface area contributed by atoms with Crippen LogP contribution in [0.15, 0.2) is 78.9 Å². The molecule has 0 heterocycles. The molecule has 0 aliphatic heterocycles. The highest BCUT2D eigenvalue weighted by Gasteiger charge is 2.43. The zero-order chi connectivity index (χ0) is 15.0. The van der Waals surface area contributed by atoms with E-state index in [0.717, 1.165) is 6.42 Å². The van der Waals surface area contributed by atoms with Crippen molar-refractivity contribution in [2.24, 2.45) is 5.73 Å². The van der Waals surface area contributed by atoms with E-state index in [2.05, 4.69) is 78.9 Å². The third-order valence-electron chi connectivity index (χ3n) is 4.85. The Balaban J connectivity index is 2.10. The van der Waals surface area contributed by atoms with Crippen LogP contribution in [-0.2, 0) is 5.41 Å². The van der Waals surface area contributed by atoms with Crippen molar-refractivity contribution in [2.75, 3.05) is 6.54 Å². The highest BCUT2D eigenvalue weighted by molar-refractivity contribution is 5.83. The molecule has 0 amide bonds. The molecular weight excluding hydrogens is 266 g/mol. The summed E-state index contributed by atoms with van der Waals surface area (Å²) in [6.45, 7) is 0.664.